The van der Waals surface area contributed by atoms with E-state index in [9.17, 15) is 0 Å². The summed E-state index contributed by atoms with van der Waals surface area (Å²) in [6, 6.07) is 0.234. The molecule has 8 nitrogen and oxygen atoms in total. The van der Waals surface area contributed by atoms with Gasteiger partial charge in [-0.05, 0) is 13.3 Å². The molecule has 0 aliphatic heterocycles. The van der Waals surface area contributed by atoms with Gasteiger partial charge < -0.3 is 15.2 Å². The lowest BCUT2D eigenvalue weighted by Gasteiger charge is -2.04. The van der Waals surface area contributed by atoms with Gasteiger partial charge in [0.15, 0.2) is 5.75 Å². The van der Waals surface area contributed by atoms with Crippen molar-refractivity contribution in [1.29, 1.82) is 0 Å². The maximum atomic E-state index is 5.55. The van der Waals surface area contributed by atoms with Crippen LogP contribution in [0.1, 0.15) is 20.3 Å². The lowest BCUT2D eigenvalue weighted by atomic mass is 10.5. The lowest BCUT2D eigenvalue weighted by molar-refractivity contribution is 0.304. The summed E-state index contributed by atoms with van der Waals surface area (Å²) in [5.74, 6) is 0.593. The number of ether oxygens (including phenoxy) is 2. The lowest BCUT2D eigenvalue weighted by Crippen LogP contribution is -2.04. The maximum absolute atomic E-state index is 5.55. The number of hydrogen-bond donors (Lipinski definition) is 1. The van der Waals surface area contributed by atoms with Crippen LogP contribution in [0.25, 0.3) is 0 Å². The minimum Gasteiger partial charge on any atom is -0.464 e. The zero-order valence-corrected chi connectivity index (χ0v) is 10.9. The van der Waals surface area contributed by atoms with E-state index in [1.165, 1.54) is 0 Å². The van der Waals surface area contributed by atoms with E-state index in [4.69, 9.17) is 15.2 Å². The molecule has 2 N–H and O–H groups in total. The molecule has 2 heterocycles. The molecule has 0 fully saturated rings. The van der Waals surface area contributed by atoms with Gasteiger partial charge in [-0.2, -0.15) is 15.1 Å². The maximum Gasteiger partial charge on any atom is 0.330 e. The second-order valence-electron chi connectivity index (χ2n) is 3.73. The van der Waals surface area contributed by atoms with E-state index in [1.807, 2.05) is 6.92 Å². The standard InChI is InChI=1S/C11H16N6O2/c1-3-5-17-7-8(6-13-17)19-11-15-9(12)14-10(16-11)18-4-2/h6-7H,3-5H2,1-2H3,(H2,12,14,15,16). The quantitative estimate of drug-likeness (QED) is 0.837. The van der Waals surface area contributed by atoms with Crippen molar-refractivity contribution >= 4 is 5.95 Å². The second kappa shape index (κ2) is 5.98. The molecule has 0 saturated heterocycles. The number of hydrogen-bond acceptors (Lipinski definition) is 7. The Balaban J connectivity index is 2.12. The van der Waals surface area contributed by atoms with E-state index >= 15 is 0 Å². The summed E-state index contributed by atoms with van der Waals surface area (Å²) >= 11 is 0. The summed E-state index contributed by atoms with van der Waals surface area (Å²) in [7, 11) is 0. The summed E-state index contributed by atoms with van der Waals surface area (Å²) < 4.78 is 12.4. The molecule has 2 rings (SSSR count). The number of nitrogens with two attached hydrogens (primary N) is 1. The van der Waals surface area contributed by atoms with Gasteiger partial charge in [0.05, 0.1) is 19.0 Å². The second-order valence-corrected chi connectivity index (χ2v) is 3.73. The average molecular weight is 264 g/mol. The highest BCUT2D eigenvalue weighted by atomic mass is 16.5. The Bertz CT molecular complexity index is 542. The van der Waals surface area contributed by atoms with Gasteiger partial charge >= 0.3 is 12.0 Å². The third kappa shape index (κ3) is 3.54. The molecular weight excluding hydrogens is 248 g/mol. The first-order chi connectivity index (χ1) is 9.21. The molecular formula is C11H16N6O2. The Morgan fingerprint density at radius 1 is 1.21 bits per heavy atom. The molecule has 2 aromatic heterocycles. The molecule has 19 heavy (non-hydrogen) atoms. The van der Waals surface area contributed by atoms with Crippen LogP contribution in [0.3, 0.4) is 0 Å². The molecule has 102 valence electrons. The Hall–Kier alpha value is -2.38. The molecule has 0 radical (unpaired) electrons. The number of aromatic nitrogens is 5. The van der Waals surface area contributed by atoms with Crippen molar-refractivity contribution in [3.63, 3.8) is 0 Å². The first-order valence-corrected chi connectivity index (χ1v) is 6.06. The highest BCUT2D eigenvalue weighted by Crippen LogP contribution is 2.19. The molecule has 0 aliphatic rings. The predicted octanol–water partition coefficient (Wildman–Crippen LogP) is 1.25. The van der Waals surface area contributed by atoms with Crippen LogP contribution in [0.15, 0.2) is 12.4 Å². The SMILES string of the molecule is CCCn1cc(Oc2nc(N)nc(OCC)n2)cn1. The van der Waals surface area contributed by atoms with Crippen molar-refractivity contribution in [2.24, 2.45) is 0 Å². The van der Waals surface area contributed by atoms with E-state index in [1.54, 1.807) is 17.1 Å². The summed E-state index contributed by atoms with van der Waals surface area (Å²) in [5, 5.41) is 4.14. The van der Waals surface area contributed by atoms with Crippen molar-refractivity contribution in [2.45, 2.75) is 26.8 Å². The summed E-state index contributed by atoms with van der Waals surface area (Å²) in [5.41, 5.74) is 5.55. The predicted molar refractivity (Wildman–Crippen MR) is 68.0 cm³/mol. The molecule has 8 heteroatoms. The van der Waals surface area contributed by atoms with Crippen LogP contribution in [-0.2, 0) is 6.54 Å². The molecule has 0 aliphatic carbocycles. The first kappa shape index (κ1) is 13.1. The van der Waals surface area contributed by atoms with Crippen molar-refractivity contribution in [3.05, 3.63) is 12.4 Å². The first-order valence-electron chi connectivity index (χ1n) is 6.06. The Kier molecular flexibility index (Phi) is 4.11. The van der Waals surface area contributed by atoms with Gasteiger partial charge in [0.1, 0.15) is 0 Å². The fraction of sp³-hybridized carbons (Fsp3) is 0.455. The molecule has 0 saturated carbocycles. The van der Waals surface area contributed by atoms with Gasteiger partial charge in [-0.1, -0.05) is 6.92 Å². The van der Waals surface area contributed by atoms with Crippen LogP contribution in [0.2, 0.25) is 0 Å². The van der Waals surface area contributed by atoms with E-state index in [0.29, 0.717) is 12.4 Å². The van der Waals surface area contributed by atoms with E-state index < -0.39 is 0 Å². The van der Waals surface area contributed by atoms with Crippen LogP contribution in [0, 0.1) is 0 Å². The number of nitrogen functional groups attached to an aromatic ring is 1. The van der Waals surface area contributed by atoms with Crippen molar-refractivity contribution < 1.29 is 9.47 Å². The highest BCUT2D eigenvalue weighted by molar-refractivity contribution is 5.24. The van der Waals surface area contributed by atoms with E-state index in [2.05, 4.69) is 27.0 Å². The average Bonchev–Trinajstić information content (AvgIpc) is 2.76. The topological polar surface area (TPSA) is 101 Å². The Morgan fingerprint density at radius 2 is 2.00 bits per heavy atom. The largest absolute Gasteiger partial charge is 0.464 e. The van der Waals surface area contributed by atoms with Crippen LogP contribution >= 0.6 is 0 Å². The van der Waals surface area contributed by atoms with Crippen molar-refractivity contribution in [1.82, 2.24) is 24.7 Å². The summed E-state index contributed by atoms with van der Waals surface area (Å²) in [6.07, 6.45) is 4.36. The van der Waals surface area contributed by atoms with Gasteiger partial charge in [0, 0.05) is 6.54 Å². The van der Waals surface area contributed by atoms with E-state index in [-0.39, 0.29) is 18.0 Å². The van der Waals surface area contributed by atoms with Crippen molar-refractivity contribution in [2.75, 3.05) is 12.3 Å². The molecule has 2 aromatic rings. The number of anilines is 1. The van der Waals surface area contributed by atoms with Crippen LogP contribution in [0.5, 0.6) is 17.8 Å². The molecule has 0 atom stereocenters. The molecule has 0 spiro atoms. The van der Waals surface area contributed by atoms with Gasteiger partial charge in [-0.25, -0.2) is 0 Å². The zero-order valence-electron chi connectivity index (χ0n) is 10.9. The molecule has 0 bridgehead atoms. The third-order valence-electron chi connectivity index (χ3n) is 2.16. The molecule has 0 unspecified atom stereocenters. The Morgan fingerprint density at radius 3 is 2.74 bits per heavy atom. The highest BCUT2D eigenvalue weighted by Gasteiger charge is 2.08. The van der Waals surface area contributed by atoms with E-state index in [0.717, 1.165) is 13.0 Å². The van der Waals surface area contributed by atoms with Crippen LogP contribution in [0.4, 0.5) is 5.95 Å². The normalized spacial score (nSPS) is 10.4. The summed E-state index contributed by atoms with van der Waals surface area (Å²) in [4.78, 5) is 11.7. The third-order valence-corrected chi connectivity index (χ3v) is 2.16. The zero-order chi connectivity index (χ0) is 13.7. The van der Waals surface area contributed by atoms with Gasteiger partial charge in [0.2, 0.25) is 5.95 Å². The van der Waals surface area contributed by atoms with Gasteiger partial charge in [-0.15, -0.1) is 4.98 Å². The van der Waals surface area contributed by atoms with Crippen LogP contribution < -0.4 is 15.2 Å². The Labute approximate surface area is 110 Å². The number of nitrogens with zero attached hydrogens (tertiary/aromatic N) is 5. The summed E-state index contributed by atoms with van der Waals surface area (Å²) in [6.45, 7) is 5.17. The van der Waals surface area contributed by atoms with Gasteiger partial charge in [0.25, 0.3) is 0 Å². The fourth-order valence-corrected chi connectivity index (χ4v) is 1.45. The van der Waals surface area contributed by atoms with Crippen LogP contribution in [-0.4, -0.2) is 31.3 Å². The number of aryl methyl sites for hydroxylation is 1. The fourth-order valence-electron chi connectivity index (χ4n) is 1.45. The number of rotatable bonds is 6. The minimum absolute atomic E-state index is 0.0504. The monoisotopic (exact) mass is 264 g/mol. The van der Waals surface area contributed by atoms with Gasteiger partial charge in [-0.3, -0.25) is 4.68 Å². The van der Waals surface area contributed by atoms with Crippen molar-refractivity contribution in [3.8, 4) is 17.8 Å². The minimum atomic E-state index is 0.0504. The smallest absolute Gasteiger partial charge is 0.330 e. The molecule has 0 aromatic carbocycles. The molecule has 0 amide bonds.